The standard InChI is InChI=1S/C15H24N2O3S/c1-2-20-10-9-17-21(18,19)12-14-5-3-13(4-6-14)11-16-15-7-8-15/h3-6,15-17H,2,7-12H2,1H3. The summed E-state index contributed by atoms with van der Waals surface area (Å²) in [6, 6.07) is 8.41. The van der Waals surface area contributed by atoms with Gasteiger partial charge in [-0.2, -0.15) is 0 Å². The molecular formula is C15H24N2O3S. The molecule has 1 aromatic carbocycles. The van der Waals surface area contributed by atoms with Crippen LogP contribution in [0.25, 0.3) is 0 Å². The zero-order valence-corrected chi connectivity index (χ0v) is 13.3. The molecule has 0 saturated heterocycles. The van der Waals surface area contributed by atoms with Crippen LogP contribution < -0.4 is 10.0 Å². The first-order valence-electron chi connectivity index (χ1n) is 7.45. The van der Waals surface area contributed by atoms with E-state index < -0.39 is 10.0 Å². The topological polar surface area (TPSA) is 67.4 Å². The SMILES string of the molecule is CCOCCNS(=O)(=O)Cc1ccc(CNC2CC2)cc1. The quantitative estimate of drug-likeness (QED) is 0.641. The van der Waals surface area contributed by atoms with Gasteiger partial charge in [-0.25, -0.2) is 13.1 Å². The van der Waals surface area contributed by atoms with E-state index in [0.717, 1.165) is 12.1 Å². The molecule has 1 aromatic rings. The Morgan fingerprint density at radius 3 is 2.48 bits per heavy atom. The van der Waals surface area contributed by atoms with Crippen LogP contribution in [-0.4, -0.2) is 34.2 Å². The van der Waals surface area contributed by atoms with Gasteiger partial charge in [0.15, 0.2) is 0 Å². The van der Waals surface area contributed by atoms with Gasteiger partial charge in [-0.05, 0) is 30.9 Å². The van der Waals surface area contributed by atoms with E-state index in [-0.39, 0.29) is 5.75 Å². The molecule has 0 spiro atoms. The molecule has 1 fully saturated rings. The molecule has 5 nitrogen and oxygen atoms in total. The van der Waals surface area contributed by atoms with E-state index in [0.29, 0.717) is 25.8 Å². The van der Waals surface area contributed by atoms with Gasteiger partial charge in [0.05, 0.1) is 12.4 Å². The molecule has 0 bridgehead atoms. The summed E-state index contributed by atoms with van der Waals surface area (Å²) in [5.74, 6) is 0.00938. The van der Waals surface area contributed by atoms with E-state index in [1.54, 1.807) is 0 Å². The maximum Gasteiger partial charge on any atom is 0.215 e. The molecule has 0 heterocycles. The maximum atomic E-state index is 11.9. The van der Waals surface area contributed by atoms with Crippen LogP contribution in [0.5, 0.6) is 0 Å². The fourth-order valence-corrected chi connectivity index (χ4v) is 3.11. The summed E-state index contributed by atoms with van der Waals surface area (Å²) in [5.41, 5.74) is 1.99. The van der Waals surface area contributed by atoms with Gasteiger partial charge in [-0.3, -0.25) is 0 Å². The van der Waals surface area contributed by atoms with Gasteiger partial charge < -0.3 is 10.1 Å². The van der Waals surface area contributed by atoms with Crippen LogP contribution in [0.15, 0.2) is 24.3 Å². The highest BCUT2D eigenvalue weighted by Gasteiger charge is 2.19. The predicted octanol–water partition coefficient (Wildman–Crippen LogP) is 1.39. The minimum Gasteiger partial charge on any atom is -0.380 e. The van der Waals surface area contributed by atoms with Gasteiger partial charge in [0.2, 0.25) is 10.0 Å². The summed E-state index contributed by atoms with van der Waals surface area (Å²) >= 11 is 0. The van der Waals surface area contributed by atoms with Crippen molar-refractivity contribution >= 4 is 10.0 Å². The highest BCUT2D eigenvalue weighted by atomic mass is 32.2. The smallest absolute Gasteiger partial charge is 0.215 e. The van der Waals surface area contributed by atoms with E-state index in [1.165, 1.54) is 18.4 Å². The van der Waals surface area contributed by atoms with Crippen molar-refractivity contribution in [3.63, 3.8) is 0 Å². The van der Waals surface area contributed by atoms with Crippen molar-refractivity contribution in [3.05, 3.63) is 35.4 Å². The molecule has 0 unspecified atom stereocenters. The Balaban J connectivity index is 1.77. The summed E-state index contributed by atoms with van der Waals surface area (Å²) in [6.45, 7) is 4.05. The minimum absolute atomic E-state index is 0.00938. The number of hydrogen-bond acceptors (Lipinski definition) is 4. The van der Waals surface area contributed by atoms with Crippen LogP contribution in [0.3, 0.4) is 0 Å². The van der Waals surface area contributed by atoms with Gasteiger partial charge in [0.25, 0.3) is 0 Å². The fourth-order valence-electron chi connectivity index (χ4n) is 1.99. The average Bonchev–Trinajstić information content (AvgIpc) is 3.27. The van der Waals surface area contributed by atoms with E-state index in [4.69, 9.17) is 4.74 Å². The molecule has 1 aliphatic carbocycles. The lowest BCUT2D eigenvalue weighted by atomic mass is 10.1. The Morgan fingerprint density at radius 2 is 1.86 bits per heavy atom. The van der Waals surface area contributed by atoms with E-state index >= 15 is 0 Å². The first kappa shape index (κ1) is 16.4. The molecule has 1 saturated carbocycles. The van der Waals surface area contributed by atoms with Gasteiger partial charge >= 0.3 is 0 Å². The number of rotatable bonds is 10. The second-order valence-corrected chi connectivity index (χ2v) is 7.13. The molecule has 0 aliphatic heterocycles. The third kappa shape index (κ3) is 6.56. The fraction of sp³-hybridized carbons (Fsp3) is 0.600. The molecule has 0 radical (unpaired) electrons. The van der Waals surface area contributed by atoms with Gasteiger partial charge in [0, 0.05) is 25.7 Å². The Bertz CT molecular complexity index is 524. The van der Waals surface area contributed by atoms with Crippen molar-refractivity contribution in [2.24, 2.45) is 0 Å². The number of benzene rings is 1. The maximum absolute atomic E-state index is 11.9. The highest BCUT2D eigenvalue weighted by Crippen LogP contribution is 2.19. The third-order valence-corrected chi connectivity index (χ3v) is 4.68. The zero-order valence-electron chi connectivity index (χ0n) is 12.5. The summed E-state index contributed by atoms with van der Waals surface area (Å²) in [7, 11) is -3.29. The van der Waals surface area contributed by atoms with Crippen LogP contribution in [0.4, 0.5) is 0 Å². The molecule has 2 N–H and O–H groups in total. The number of ether oxygens (including phenoxy) is 1. The molecule has 1 aliphatic rings. The Labute approximate surface area is 127 Å². The van der Waals surface area contributed by atoms with Crippen molar-refractivity contribution in [1.29, 1.82) is 0 Å². The molecule has 118 valence electrons. The largest absolute Gasteiger partial charge is 0.380 e. The van der Waals surface area contributed by atoms with Crippen LogP contribution in [0.1, 0.15) is 30.9 Å². The summed E-state index contributed by atoms with van der Waals surface area (Å²) < 4.78 is 31.4. The molecule has 0 atom stereocenters. The predicted molar refractivity (Wildman–Crippen MR) is 83.4 cm³/mol. The summed E-state index contributed by atoms with van der Waals surface area (Å²) in [4.78, 5) is 0. The van der Waals surface area contributed by atoms with Crippen molar-refractivity contribution in [2.75, 3.05) is 19.8 Å². The van der Waals surface area contributed by atoms with Crippen molar-refractivity contribution in [3.8, 4) is 0 Å². The van der Waals surface area contributed by atoms with Gasteiger partial charge in [-0.15, -0.1) is 0 Å². The summed E-state index contributed by atoms with van der Waals surface area (Å²) in [5, 5.41) is 3.44. The number of hydrogen-bond donors (Lipinski definition) is 2. The van der Waals surface area contributed by atoms with Crippen LogP contribution in [0, 0.1) is 0 Å². The third-order valence-electron chi connectivity index (χ3n) is 3.32. The van der Waals surface area contributed by atoms with Crippen molar-refractivity contribution in [1.82, 2.24) is 10.0 Å². The van der Waals surface area contributed by atoms with Crippen LogP contribution in [0.2, 0.25) is 0 Å². The minimum atomic E-state index is -3.29. The Kier molecular flexibility index (Phi) is 6.17. The van der Waals surface area contributed by atoms with Gasteiger partial charge in [-0.1, -0.05) is 24.3 Å². The molecule has 0 aromatic heterocycles. The first-order valence-corrected chi connectivity index (χ1v) is 9.10. The zero-order chi connectivity index (χ0) is 15.1. The Morgan fingerprint density at radius 1 is 1.19 bits per heavy atom. The van der Waals surface area contributed by atoms with E-state index in [1.807, 2.05) is 31.2 Å². The lowest BCUT2D eigenvalue weighted by Gasteiger charge is -2.08. The van der Waals surface area contributed by atoms with Crippen LogP contribution in [-0.2, 0) is 27.1 Å². The molecular weight excluding hydrogens is 288 g/mol. The number of sulfonamides is 1. The lowest BCUT2D eigenvalue weighted by molar-refractivity contribution is 0.153. The summed E-state index contributed by atoms with van der Waals surface area (Å²) in [6.07, 6.45) is 2.54. The second-order valence-electron chi connectivity index (χ2n) is 5.32. The normalized spacial score (nSPS) is 15.3. The van der Waals surface area contributed by atoms with Crippen LogP contribution >= 0.6 is 0 Å². The highest BCUT2D eigenvalue weighted by molar-refractivity contribution is 7.88. The Hall–Kier alpha value is -0.950. The average molecular weight is 312 g/mol. The molecule has 6 heteroatoms. The van der Waals surface area contributed by atoms with E-state index in [2.05, 4.69) is 10.0 Å². The van der Waals surface area contributed by atoms with Crippen molar-refractivity contribution in [2.45, 2.75) is 38.1 Å². The molecule has 0 amide bonds. The monoisotopic (exact) mass is 312 g/mol. The number of nitrogens with one attached hydrogen (secondary N) is 2. The van der Waals surface area contributed by atoms with E-state index in [9.17, 15) is 8.42 Å². The molecule has 2 rings (SSSR count). The lowest BCUT2D eigenvalue weighted by Crippen LogP contribution is -2.28. The molecule has 21 heavy (non-hydrogen) atoms. The second kappa shape index (κ2) is 7.89. The first-order chi connectivity index (χ1) is 10.1. The van der Waals surface area contributed by atoms with Crippen molar-refractivity contribution < 1.29 is 13.2 Å². The van der Waals surface area contributed by atoms with Gasteiger partial charge in [0.1, 0.15) is 0 Å².